The van der Waals surface area contributed by atoms with E-state index in [1.807, 2.05) is 12.1 Å². The van der Waals surface area contributed by atoms with Gasteiger partial charge in [-0.2, -0.15) is 4.98 Å². The highest BCUT2D eigenvalue weighted by Gasteiger charge is 2.31. The number of fused-ring (bicyclic) bond motifs is 1. The third-order valence-corrected chi connectivity index (χ3v) is 8.63. The Bertz CT molecular complexity index is 1750. The lowest BCUT2D eigenvalue weighted by Gasteiger charge is -2.36. The minimum absolute atomic E-state index is 0.0597. The van der Waals surface area contributed by atoms with Gasteiger partial charge in [-0.05, 0) is 68.3 Å². The first kappa shape index (κ1) is 32.0. The van der Waals surface area contributed by atoms with Gasteiger partial charge in [0.2, 0.25) is 11.9 Å². The van der Waals surface area contributed by atoms with Crippen LogP contribution < -0.4 is 31.0 Å². The molecule has 0 bridgehead atoms. The molecule has 0 spiro atoms. The maximum absolute atomic E-state index is 14.2. The molecule has 0 radical (unpaired) electrons. The van der Waals surface area contributed by atoms with E-state index in [4.69, 9.17) is 26.1 Å². The van der Waals surface area contributed by atoms with Crippen LogP contribution in [0.5, 0.6) is 11.5 Å². The van der Waals surface area contributed by atoms with Gasteiger partial charge in [0.1, 0.15) is 17.1 Å². The second kappa shape index (κ2) is 14.1. The number of ether oxygens (including phenoxy) is 2. The molecule has 12 heteroatoms. The molecule has 0 atom stereocenters. The molecule has 4 N–H and O–H groups in total. The Morgan fingerprint density at radius 1 is 1.16 bits per heavy atom. The zero-order chi connectivity index (χ0) is 32.0. The summed E-state index contributed by atoms with van der Waals surface area (Å²) in [5.41, 5.74) is 2.33. The number of pyridine rings is 1. The molecule has 0 aliphatic carbocycles. The number of rotatable bonds is 12. The molecule has 1 fully saturated rings. The van der Waals surface area contributed by atoms with Crippen LogP contribution in [0.2, 0.25) is 5.02 Å². The summed E-state index contributed by atoms with van der Waals surface area (Å²) in [4.78, 5) is 35.2. The number of hydrogen-bond donors (Lipinski definition) is 4. The first-order valence-electron chi connectivity index (χ1n) is 14.7. The van der Waals surface area contributed by atoms with Crippen molar-refractivity contribution in [3.63, 3.8) is 0 Å². The minimum atomic E-state index is -0.292. The number of amides is 1. The Labute approximate surface area is 266 Å². The van der Waals surface area contributed by atoms with E-state index in [9.17, 15) is 14.7 Å². The third-order valence-electron chi connectivity index (χ3n) is 8.24. The number of nitrogens with zero attached hydrogens (tertiary/aromatic N) is 3. The maximum atomic E-state index is 14.2. The molecular weight excluding hydrogens is 596 g/mol. The third kappa shape index (κ3) is 7.11. The minimum Gasteiger partial charge on any atom is -0.497 e. The maximum Gasteiger partial charge on any atom is 0.260 e. The average Bonchev–Trinajstić information content (AvgIpc) is 3.08. The van der Waals surface area contributed by atoms with Gasteiger partial charge in [-0.3, -0.25) is 14.2 Å². The summed E-state index contributed by atoms with van der Waals surface area (Å²) in [7, 11) is 3.04. The summed E-state index contributed by atoms with van der Waals surface area (Å²) in [6.45, 7) is 6.02. The summed E-state index contributed by atoms with van der Waals surface area (Å²) in [5.74, 6) is 0.956. The van der Waals surface area contributed by atoms with Crippen molar-refractivity contribution in [2.24, 2.45) is 5.41 Å². The molecule has 1 saturated heterocycles. The van der Waals surface area contributed by atoms with Crippen LogP contribution in [0, 0.1) is 5.41 Å². The monoisotopic (exact) mass is 632 g/mol. The van der Waals surface area contributed by atoms with Crippen LogP contribution in [0.3, 0.4) is 0 Å². The molecular formula is C33H37ClN6O5. The fraction of sp³-hybridized carbons (Fsp3) is 0.333. The van der Waals surface area contributed by atoms with Crippen LogP contribution in [0.4, 0.5) is 11.6 Å². The van der Waals surface area contributed by atoms with Crippen molar-refractivity contribution in [2.75, 3.05) is 51.1 Å². The molecule has 45 heavy (non-hydrogen) atoms. The standard InChI is InChI=1S/C33H37ClN6O5/c1-4-28(42)38-23-7-5-21(6-8-23)9-14-40-30-22(18-36-32(39-30)37-19-33(20-41)10-12-35-13-11-33)15-26(31(40)43)25-16-24(44-2)17-27(45-3)29(25)34/h4-8,15-18,35,41H,1,9-14,19-20H2,2-3H3,(H,38,42)(H,36,37,39). The lowest BCUT2D eigenvalue weighted by Crippen LogP contribution is -2.43. The van der Waals surface area contributed by atoms with Gasteiger partial charge in [-0.15, -0.1) is 0 Å². The summed E-state index contributed by atoms with van der Waals surface area (Å²) >= 11 is 6.72. The van der Waals surface area contributed by atoms with Crippen molar-refractivity contribution in [2.45, 2.75) is 25.8 Å². The van der Waals surface area contributed by atoms with Crippen molar-refractivity contribution in [1.82, 2.24) is 19.9 Å². The van der Waals surface area contributed by atoms with Crippen molar-refractivity contribution < 1.29 is 19.4 Å². The van der Waals surface area contributed by atoms with Gasteiger partial charge in [0.25, 0.3) is 5.56 Å². The van der Waals surface area contributed by atoms with E-state index < -0.39 is 0 Å². The number of hydrogen-bond acceptors (Lipinski definition) is 9. The summed E-state index contributed by atoms with van der Waals surface area (Å²) in [5, 5.41) is 20.5. The van der Waals surface area contributed by atoms with Crippen LogP contribution in [0.15, 0.2) is 66.1 Å². The number of aliphatic hydroxyl groups excluding tert-OH is 1. The topological polar surface area (TPSA) is 140 Å². The zero-order valence-electron chi connectivity index (χ0n) is 25.4. The Balaban J connectivity index is 1.54. The molecule has 3 heterocycles. The van der Waals surface area contributed by atoms with Crippen molar-refractivity contribution in [3.8, 4) is 22.6 Å². The zero-order valence-corrected chi connectivity index (χ0v) is 26.1. The van der Waals surface area contributed by atoms with Gasteiger partial charge < -0.3 is 30.5 Å². The molecule has 5 rings (SSSR count). The van der Waals surface area contributed by atoms with E-state index in [-0.39, 0.29) is 28.5 Å². The number of methoxy groups -OCH3 is 2. The average molecular weight is 633 g/mol. The number of aromatic nitrogens is 3. The number of piperidine rings is 1. The Kier molecular flexibility index (Phi) is 10.0. The molecule has 0 saturated carbocycles. The number of carbonyl (C=O) groups is 1. The van der Waals surface area contributed by atoms with E-state index in [1.54, 1.807) is 41.1 Å². The molecule has 236 valence electrons. The largest absolute Gasteiger partial charge is 0.497 e. The van der Waals surface area contributed by atoms with Gasteiger partial charge >= 0.3 is 0 Å². The highest BCUT2D eigenvalue weighted by atomic mass is 35.5. The number of halogens is 1. The highest BCUT2D eigenvalue weighted by molar-refractivity contribution is 6.35. The predicted octanol–water partition coefficient (Wildman–Crippen LogP) is 4.27. The summed E-state index contributed by atoms with van der Waals surface area (Å²) < 4.78 is 12.5. The van der Waals surface area contributed by atoms with Crippen molar-refractivity contribution >= 4 is 40.2 Å². The molecule has 4 aromatic rings. The van der Waals surface area contributed by atoms with E-state index >= 15 is 0 Å². The Morgan fingerprint density at radius 3 is 2.58 bits per heavy atom. The van der Waals surface area contributed by atoms with Crippen LogP contribution in [-0.4, -0.2) is 66.0 Å². The van der Waals surface area contributed by atoms with E-state index in [0.717, 1.165) is 31.5 Å². The molecule has 1 aliphatic rings. The SMILES string of the molecule is C=CC(=O)Nc1ccc(CCn2c(=O)c(-c3cc(OC)cc(OC)c3Cl)cc3cnc(NCC4(CO)CCNCC4)nc32)cc1. The van der Waals surface area contributed by atoms with Crippen molar-refractivity contribution in [1.29, 1.82) is 0 Å². The van der Waals surface area contributed by atoms with Crippen molar-refractivity contribution in [3.05, 3.63) is 82.3 Å². The van der Waals surface area contributed by atoms with Crippen LogP contribution in [0.25, 0.3) is 22.2 Å². The Morgan fingerprint density at radius 2 is 1.91 bits per heavy atom. The lowest BCUT2D eigenvalue weighted by molar-refractivity contribution is -0.111. The fourth-order valence-electron chi connectivity index (χ4n) is 5.48. The quantitative estimate of drug-likeness (QED) is 0.169. The van der Waals surface area contributed by atoms with Gasteiger partial charge in [-0.25, -0.2) is 4.98 Å². The summed E-state index contributed by atoms with van der Waals surface area (Å²) in [6, 6.07) is 12.5. The number of aryl methyl sites for hydroxylation is 2. The van der Waals surface area contributed by atoms with Gasteiger partial charge in [-0.1, -0.05) is 30.3 Å². The molecule has 2 aromatic heterocycles. The number of nitrogens with one attached hydrogen (secondary N) is 3. The second-order valence-electron chi connectivity index (χ2n) is 11.1. The van der Waals surface area contributed by atoms with Gasteiger partial charge in [0.05, 0.1) is 25.8 Å². The first-order chi connectivity index (χ1) is 21.8. The van der Waals surface area contributed by atoms with E-state index in [1.165, 1.54) is 20.3 Å². The normalized spacial score (nSPS) is 14.1. The number of aliphatic hydroxyl groups is 1. The van der Waals surface area contributed by atoms with Crippen LogP contribution in [-0.2, 0) is 17.8 Å². The van der Waals surface area contributed by atoms with Crippen LogP contribution in [0.1, 0.15) is 18.4 Å². The van der Waals surface area contributed by atoms with E-state index in [2.05, 4.69) is 27.5 Å². The molecule has 0 unspecified atom stereocenters. The van der Waals surface area contributed by atoms with E-state index in [0.29, 0.717) is 64.8 Å². The fourth-order valence-corrected chi connectivity index (χ4v) is 5.77. The van der Waals surface area contributed by atoms with Gasteiger partial charge in [0.15, 0.2) is 0 Å². The molecule has 11 nitrogen and oxygen atoms in total. The first-order valence-corrected chi connectivity index (χ1v) is 15.1. The predicted molar refractivity (Wildman–Crippen MR) is 176 cm³/mol. The lowest BCUT2D eigenvalue weighted by atomic mass is 9.80. The Hall–Kier alpha value is -4.45. The van der Waals surface area contributed by atoms with Crippen LogP contribution >= 0.6 is 11.6 Å². The summed E-state index contributed by atoms with van der Waals surface area (Å²) in [6.07, 6.45) is 5.07. The smallest absolute Gasteiger partial charge is 0.260 e. The molecule has 1 amide bonds. The van der Waals surface area contributed by atoms with Gasteiger partial charge in [0, 0.05) is 53.0 Å². The molecule has 1 aliphatic heterocycles. The highest BCUT2D eigenvalue weighted by Crippen LogP contribution is 2.38. The molecule has 2 aromatic carbocycles. The second-order valence-corrected chi connectivity index (χ2v) is 11.5. The number of benzene rings is 2. The number of carbonyl (C=O) groups excluding carboxylic acids is 1. The number of anilines is 2.